The summed E-state index contributed by atoms with van der Waals surface area (Å²) in [5, 5.41) is 6.54. The molecule has 0 radical (unpaired) electrons. The Labute approximate surface area is 100 Å². The number of aromatic amines is 1. The number of benzene rings is 1. The summed E-state index contributed by atoms with van der Waals surface area (Å²) in [6, 6.07) is 7.59. The summed E-state index contributed by atoms with van der Waals surface area (Å²) < 4.78 is 0. The number of anilines is 1. The van der Waals surface area contributed by atoms with Crippen LogP contribution in [0.25, 0.3) is 0 Å². The van der Waals surface area contributed by atoms with Crippen LogP contribution in [-0.2, 0) is 0 Å². The molecule has 0 aliphatic rings. The van der Waals surface area contributed by atoms with Crippen molar-refractivity contribution in [1.29, 1.82) is 0 Å². The number of nitrogens with zero attached hydrogens (tertiary/aromatic N) is 2. The Morgan fingerprint density at radius 1 is 1.29 bits per heavy atom. The van der Waals surface area contributed by atoms with Crippen molar-refractivity contribution in [2.24, 2.45) is 0 Å². The van der Waals surface area contributed by atoms with Gasteiger partial charge < -0.3 is 4.90 Å². The average Bonchev–Trinajstić information content (AvgIpc) is 2.84. The maximum absolute atomic E-state index is 12.1. The molecule has 0 spiro atoms. The van der Waals surface area contributed by atoms with Gasteiger partial charge >= 0.3 is 0 Å². The van der Waals surface area contributed by atoms with Crippen LogP contribution in [0.5, 0.6) is 0 Å². The molecule has 1 aromatic carbocycles. The molecule has 17 heavy (non-hydrogen) atoms. The molecular weight excluding hydrogens is 214 g/mol. The fourth-order valence-electron chi connectivity index (χ4n) is 1.76. The second-order valence-electron chi connectivity index (χ2n) is 4.04. The van der Waals surface area contributed by atoms with Gasteiger partial charge in [-0.1, -0.05) is 12.1 Å². The van der Waals surface area contributed by atoms with Crippen molar-refractivity contribution in [2.45, 2.75) is 13.8 Å². The average molecular weight is 229 g/mol. The van der Waals surface area contributed by atoms with Gasteiger partial charge in [0, 0.05) is 18.9 Å². The van der Waals surface area contributed by atoms with Crippen molar-refractivity contribution in [3.63, 3.8) is 0 Å². The standard InChI is InChI=1S/C13H15N3O/c1-9-5-4-6-12(10(9)2)16(3)13(17)11-7-8-14-15-11/h4-8H,1-3H3,(H,14,15). The minimum Gasteiger partial charge on any atom is -0.310 e. The molecule has 0 aliphatic heterocycles. The number of H-pyrrole nitrogens is 1. The summed E-state index contributed by atoms with van der Waals surface area (Å²) in [7, 11) is 1.76. The summed E-state index contributed by atoms with van der Waals surface area (Å²) in [5.41, 5.74) is 3.62. The van der Waals surface area contributed by atoms with Crippen LogP contribution in [0, 0.1) is 13.8 Å². The maximum Gasteiger partial charge on any atom is 0.278 e. The molecule has 1 aromatic heterocycles. The quantitative estimate of drug-likeness (QED) is 0.859. The Balaban J connectivity index is 2.34. The van der Waals surface area contributed by atoms with E-state index >= 15 is 0 Å². The number of carbonyl (C=O) groups is 1. The predicted molar refractivity (Wildman–Crippen MR) is 67.2 cm³/mol. The van der Waals surface area contributed by atoms with E-state index in [0.717, 1.165) is 11.3 Å². The van der Waals surface area contributed by atoms with Gasteiger partial charge in [-0.05, 0) is 37.1 Å². The van der Waals surface area contributed by atoms with Gasteiger partial charge in [-0.2, -0.15) is 5.10 Å². The van der Waals surface area contributed by atoms with E-state index in [2.05, 4.69) is 10.2 Å². The largest absolute Gasteiger partial charge is 0.310 e. The van der Waals surface area contributed by atoms with E-state index in [4.69, 9.17) is 0 Å². The monoisotopic (exact) mass is 229 g/mol. The zero-order valence-corrected chi connectivity index (χ0v) is 10.2. The second kappa shape index (κ2) is 4.41. The zero-order valence-electron chi connectivity index (χ0n) is 10.2. The van der Waals surface area contributed by atoms with Gasteiger partial charge in [0.2, 0.25) is 0 Å². The summed E-state index contributed by atoms with van der Waals surface area (Å²) in [6.45, 7) is 4.05. The van der Waals surface area contributed by atoms with E-state index in [0.29, 0.717) is 5.69 Å². The molecule has 0 aliphatic carbocycles. The van der Waals surface area contributed by atoms with Crippen LogP contribution < -0.4 is 4.90 Å². The first-order valence-electron chi connectivity index (χ1n) is 5.45. The summed E-state index contributed by atoms with van der Waals surface area (Å²) in [6.07, 6.45) is 1.64. The molecule has 4 nitrogen and oxygen atoms in total. The lowest BCUT2D eigenvalue weighted by Crippen LogP contribution is -2.27. The van der Waals surface area contributed by atoms with E-state index in [-0.39, 0.29) is 5.91 Å². The summed E-state index contributed by atoms with van der Waals surface area (Å²) in [5.74, 6) is -0.111. The third-order valence-corrected chi connectivity index (χ3v) is 2.96. The molecule has 2 rings (SSSR count). The minimum absolute atomic E-state index is 0.111. The lowest BCUT2D eigenvalue weighted by atomic mass is 10.1. The van der Waals surface area contributed by atoms with Crippen LogP contribution in [-0.4, -0.2) is 23.2 Å². The smallest absolute Gasteiger partial charge is 0.278 e. The molecule has 4 heteroatoms. The Morgan fingerprint density at radius 3 is 2.71 bits per heavy atom. The number of carbonyl (C=O) groups excluding carboxylic acids is 1. The number of aryl methyl sites for hydroxylation is 1. The van der Waals surface area contributed by atoms with E-state index in [1.807, 2.05) is 32.0 Å². The lowest BCUT2D eigenvalue weighted by Gasteiger charge is -2.19. The van der Waals surface area contributed by atoms with Gasteiger partial charge in [0.05, 0.1) is 0 Å². The Bertz CT molecular complexity index is 532. The van der Waals surface area contributed by atoms with Gasteiger partial charge in [0.25, 0.3) is 5.91 Å². The molecule has 0 unspecified atom stereocenters. The molecule has 0 saturated carbocycles. The molecule has 88 valence electrons. The molecule has 2 aromatic rings. The van der Waals surface area contributed by atoms with E-state index < -0.39 is 0 Å². The third kappa shape index (κ3) is 2.06. The predicted octanol–water partition coefficient (Wildman–Crippen LogP) is 2.30. The van der Waals surface area contributed by atoms with Crippen LogP contribution in [0.3, 0.4) is 0 Å². The van der Waals surface area contributed by atoms with Crippen LogP contribution in [0.15, 0.2) is 30.5 Å². The molecule has 0 bridgehead atoms. The van der Waals surface area contributed by atoms with Gasteiger partial charge in [0.1, 0.15) is 5.69 Å². The molecular formula is C13H15N3O. The number of aromatic nitrogens is 2. The van der Waals surface area contributed by atoms with Crippen LogP contribution >= 0.6 is 0 Å². The highest BCUT2D eigenvalue weighted by Gasteiger charge is 2.16. The number of amides is 1. The van der Waals surface area contributed by atoms with Crippen molar-refractivity contribution in [2.75, 3.05) is 11.9 Å². The van der Waals surface area contributed by atoms with Crippen LogP contribution in [0.2, 0.25) is 0 Å². The Hall–Kier alpha value is -2.10. The van der Waals surface area contributed by atoms with Crippen LogP contribution in [0.4, 0.5) is 5.69 Å². The Kier molecular flexibility index (Phi) is 2.95. The van der Waals surface area contributed by atoms with Crippen molar-refractivity contribution in [3.8, 4) is 0 Å². The van der Waals surface area contributed by atoms with E-state index in [1.165, 1.54) is 5.56 Å². The van der Waals surface area contributed by atoms with Crippen molar-refractivity contribution in [3.05, 3.63) is 47.3 Å². The first-order chi connectivity index (χ1) is 8.11. The van der Waals surface area contributed by atoms with Crippen molar-refractivity contribution < 1.29 is 4.79 Å². The topological polar surface area (TPSA) is 49.0 Å². The number of hydrogen-bond donors (Lipinski definition) is 1. The van der Waals surface area contributed by atoms with E-state index in [1.54, 1.807) is 24.2 Å². The van der Waals surface area contributed by atoms with Crippen molar-refractivity contribution in [1.82, 2.24) is 10.2 Å². The highest BCUT2D eigenvalue weighted by atomic mass is 16.2. The van der Waals surface area contributed by atoms with Gasteiger partial charge in [-0.3, -0.25) is 9.89 Å². The molecule has 1 N–H and O–H groups in total. The molecule has 0 fully saturated rings. The molecule has 1 amide bonds. The van der Waals surface area contributed by atoms with Gasteiger partial charge in [0.15, 0.2) is 0 Å². The molecule has 0 atom stereocenters. The van der Waals surface area contributed by atoms with Crippen molar-refractivity contribution >= 4 is 11.6 Å². The number of rotatable bonds is 2. The van der Waals surface area contributed by atoms with Crippen LogP contribution in [0.1, 0.15) is 21.6 Å². The number of hydrogen-bond acceptors (Lipinski definition) is 2. The molecule has 0 saturated heterocycles. The Morgan fingerprint density at radius 2 is 2.06 bits per heavy atom. The summed E-state index contributed by atoms with van der Waals surface area (Å²) in [4.78, 5) is 13.7. The minimum atomic E-state index is -0.111. The maximum atomic E-state index is 12.1. The second-order valence-corrected chi connectivity index (χ2v) is 4.04. The normalized spacial score (nSPS) is 10.3. The zero-order chi connectivity index (χ0) is 12.4. The summed E-state index contributed by atoms with van der Waals surface area (Å²) >= 11 is 0. The highest BCUT2D eigenvalue weighted by molar-refractivity contribution is 6.04. The third-order valence-electron chi connectivity index (χ3n) is 2.96. The fourth-order valence-corrected chi connectivity index (χ4v) is 1.76. The van der Waals surface area contributed by atoms with E-state index in [9.17, 15) is 4.79 Å². The fraction of sp³-hybridized carbons (Fsp3) is 0.231. The number of nitrogens with one attached hydrogen (secondary N) is 1. The van der Waals surface area contributed by atoms with Gasteiger partial charge in [-0.25, -0.2) is 0 Å². The highest BCUT2D eigenvalue weighted by Crippen LogP contribution is 2.22. The first-order valence-corrected chi connectivity index (χ1v) is 5.45. The first kappa shape index (κ1) is 11.4. The molecule has 1 heterocycles. The van der Waals surface area contributed by atoms with Gasteiger partial charge in [-0.15, -0.1) is 0 Å². The SMILES string of the molecule is Cc1cccc(N(C)C(=O)c2cc[nH]n2)c1C. The lowest BCUT2D eigenvalue weighted by molar-refractivity contribution is 0.0988.